The van der Waals surface area contributed by atoms with Crippen molar-refractivity contribution in [2.45, 2.75) is 27.2 Å². The highest BCUT2D eigenvalue weighted by Crippen LogP contribution is 2.35. The minimum Gasteiger partial charge on any atom is -0.480 e. The lowest BCUT2D eigenvalue weighted by atomic mass is 9.91. The molecule has 0 bridgehead atoms. The molecule has 0 aliphatic heterocycles. The van der Waals surface area contributed by atoms with E-state index in [1.54, 1.807) is 0 Å². The normalized spacial score (nSPS) is 10.8. The van der Waals surface area contributed by atoms with Crippen LogP contribution in [0.2, 0.25) is 0 Å². The highest BCUT2D eigenvalue weighted by atomic mass is 16.4. The minimum atomic E-state index is -0.929. The fourth-order valence-corrected chi connectivity index (χ4v) is 3.28. The molecule has 0 atom stereocenters. The van der Waals surface area contributed by atoms with E-state index in [2.05, 4.69) is 25.2 Å². The van der Waals surface area contributed by atoms with Gasteiger partial charge in [0.15, 0.2) is 0 Å². The Morgan fingerprint density at radius 3 is 2.54 bits per heavy atom. The molecule has 2 aromatic carbocycles. The van der Waals surface area contributed by atoms with Gasteiger partial charge in [-0.25, -0.2) is 0 Å². The van der Waals surface area contributed by atoms with E-state index >= 15 is 0 Å². The zero-order valence-corrected chi connectivity index (χ0v) is 16.3. The number of anilines is 1. The van der Waals surface area contributed by atoms with E-state index in [1.165, 1.54) is 0 Å². The molecule has 2 N–H and O–H groups in total. The van der Waals surface area contributed by atoms with E-state index in [0.717, 1.165) is 39.7 Å². The maximum absolute atomic E-state index is 10.9. The van der Waals surface area contributed by atoms with Gasteiger partial charge in [0.1, 0.15) is 12.6 Å². The van der Waals surface area contributed by atoms with Crippen LogP contribution in [-0.4, -0.2) is 22.6 Å². The molecular formula is C23H23N3O2. The number of nitriles is 1. The number of pyridine rings is 1. The summed E-state index contributed by atoms with van der Waals surface area (Å²) in [6, 6.07) is 16.0. The SMILES string of the molecule is Cc1ccc(-c2c(C#N)c(CC(C)C)nc3ccc(NCC(=O)O)cc23)cc1. The van der Waals surface area contributed by atoms with Gasteiger partial charge < -0.3 is 10.4 Å². The molecule has 3 rings (SSSR count). The molecule has 0 aliphatic carbocycles. The van der Waals surface area contributed by atoms with Crippen molar-refractivity contribution >= 4 is 22.6 Å². The van der Waals surface area contributed by atoms with Crippen molar-refractivity contribution in [1.82, 2.24) is 4.98 Å². The first-order chi connectivity index (χ1) is 13.4. The van der Waals surface area contributed by atoms with Crippen molar-refractivity contribution < 1.29 is 9.90 Å². The number of benzene rings is 2. The molecule has 0 saturated heterocycles. The molecule has 28 heavy (non-hydrogen) atoms. The highest BCUT2D eigenvalue weighted by Gasteiger charge is 2.18. The van der Waals surface area contributed by atoms with Gasteiger partial charge in [-0.05, 0) is 43.0 Å². The molecule has 0 aliphatic rings. The molecule has 1 aromatic heterocycles. The lowest BCUT2D eigenvalue weighted by Crippen LogP contribution is -2.12. The van der Waals surface area contributed by atoms with Crippen molar-refractivity contribution in [1.29, 1.82) is 5.26 Å². The number of hydrogen-bond donors (Lipinski definition) is 2. The van der Waals surface area contributed by atoms with Crippen molar-refractivity contribution in [3.05, 3.63) is 59.3 Å². The van der Waals surface area contributed by atoms with Gasteiger partial charge in [-0.3, -0.25) is 9.78 Å². The largest absolute Gasteiger partial charge is 0.480 e. The van der Waals surface area contributed by atoms with E-state index in [4.69, 9.17) is 10.1 Å². The first-order valence-corrected chi connectivity index (χ1v) is 9.28. The van der Waals surface area contributed by atoms with Gasteiger partial charge in [0.25, 0.3) is 0 Å². The number of fused-ring (bicyclic) bond motifs is 1. The number of carbonyl (C=O) groups is 1. The lowest BCUT2D eigenvalue weighted by molar-refractivity contribution is -0.134. The topological polar surface area (TPSA) is 86.0 Å². The van der Waals surface area contributed by atoms with Crippen LogP contribution in [0.25, 0.3) is 22.0 Å². The fraction of sp³-hybridized carbons (Fsp3) is 0.261. The van der Waals surface area contributed by atoms with E-state index in [0.29, 0.717) is 17.2 Å². The van der Waals surface area contributed by atoms with Crippen LogP contribution >= 0.6 is 0 Å². The third-order valence-electron chi connectivity index (χ3n) is 4.56. The Morgan fingerprint density at radius 2 is 1.93 bits per heavy atom. The molecule has 0 saturated carbocycles. The van der Waals surface area contributed by atoms with Crippen LogP contribution in [0.5, 0.6) is 0 Å². The van der Waals surface area contributed by atoms with Gasteiger partial charge in [-0.2, -0.15) is 5.26 Å². The molecule has 5 nitrogen and oxygen atoms in total. The van der Waals surface area contributed by atoms with E-state index in [9.17, 15) is 10.1 Å². The second kappa shape index (κ2) is 8.10. The molecule has 0 spiro atoms. The van der Waals surface area contributed by atoms with E-state index in [1.807, 2.05) is 49.4 Å². The Kier molecular flexibility index (Phi) is 5.60. The van der Waals surface area contributed by atoms with Crippen LogP contribution in [-0.2, 0) is 11.2 Å². The van der Waals surface area contributed by atoms with Gasteiger partial charge >= 0.3 is 5.97 Å². The Morgan fingerprint density at radius 1 is 1.21 bits per heavy atom. The minimum absolute atomic E-state index is 0.171. The molecule has 142 valence electrons. The zero-order chi connectivity index (χ0) is 20.3. The summed E-state index contributed by atoms with van der Waals surface area (Å²) < 4.78 is 0. The van der Waals surface area contributed by atoms with Crippen LogP contribution in [0.15, 0.2) is 42.5 Å². The molecule has 1 heterocycles. The van der Waals surface area contributed by atoms with Crippen LogP contribution in [0.4, 0.5) is 5.69 Å². The lowest BCUT2D eigenvalue weighted by Gasteiger charge is -2.16. The summed E-state index contributed by atoms with van der Waals surface area (Å²) in [5.41, 5.74) is 5.81. The molecule has 5 heteroatoms. The summed E-state index contributed by atoms with van der Waals surface area (Å²) in [6.45, 7) is 6.07. The summed E-state index contributed by atoms with van der Waals surface area (Å²) in [5, 5.41) is 22.6. The van der Waals surface area contributed by atoms with Crippen molar-refractivity contribution in [3.63, 3.8) is 0 Å². The molecule has 0 fully saturated rings. The van der Waals surface area contributed by atoms with Gasteiger partial charge in [-0.1, -0.05) is 43.7 Å². The second-order valence-electron chi connectivity index (χ2n) is 7.36. The smallest absolute Gasteiger partial charge is 0.322 e. The monoisotopic (exact) mass is 373 g/mol. The molecular weight excluding hydrogens is 350 g/mol. The number of aryl methyl sites for hydroxylation is 1. The van der Waals surface area contributed by atoms with E-state index < -0.39 is 5.97 Å². The average Bonchev–Trinajstić information content (AvgIpc) is 2.65. The predicted molar refractivity (Wildman–Crippen MR) is 111 cm³/mol. The Balaban J connectivity index is 2.28. The Hall–Kier alpha value is -3.39. The van der Waals surface area contributed by atoms with Gasteiger partial charge in [-0.15, -0.1) is 0 Å². The maximum atomic E-state index is 10.9. The number of aromatic nitrogens is 1. The van der Waals surface area contributed by atoms with Gasteiger partial charge in [0, 0.05) is 16.6 Å². The summed E-state index contributed by atoms with van der Waals surface area (Å²) >= 11 is 0. The molecule has 0 unspecified atom stereocenters. The number of rotatable bonds is 6. The van der Waals surface area contributed by atoms with Crippen LogP contribution < -0.4 is 5.32 Å². The number of hydrogen-bond acceptors (Lipinski definition) is 4. The number of nitrogens with zero attached hydrogens (tertiary/aromatic N) is 2. The second-order valence-corrected chi connectivity index (χ2v) is 7.36. The Labute approximate surface area is 164 Å². The summed E-state index contributed by atoms with van der Waals surface area (Å²) in [5.74, 6) is -0.554. The van der Waals surface area contributed by atoms with Gasteiger partial charge in [0.05, 0.1) is 16.8 Å². The number of carboxylic acids is 1. The third kappa shape index (κ3) is 4.12. The first kappa shape index (κ1) is 19.4. The molecule has 0 radical (unpaired) electrons. The third-order valence-corrected chi connectivity index (χ3v) is 4.56. The fourth-order valence-electron chi connectivity index (χ4n) is 3.28. The summed E-state index contributed by atoms with van der Waals surface area (Å²) in [7, 11) is 0. The average molecular weight is 373 g/mol. The molecule has 0 amide bonds. The Bertz CT molecular complexity index is 1060. The van der Waals surface area contributed by atoms with Crippen LogP contribution in [0.1, 0.15) is 30.7 Å². The van der Waals surface area contributed by atoms with Crippen molar-refractivity contribution in [3.8, 4) is 17.2 Å². The first-order valence-electron chi connectivity index (χ1n) is 9.28. The highest BCUT2D eigenvalue weighted by molar-refractivity contribution is 5.99. The van der Waals surface area contributed by atoms with Crippen LogP contribution in [0, 0.1) is 24.2 Å². The summed E-state index contributed by atoms with van der Waals surface area (Å²) in [6.07, 6.45) is 0.719. The van der Waals surface area contributed by atoms with Crippen molar-refractivity contribution in [2.24, 2.45) is 5.92 Å². The number of aliphatic carboxylic acids is 1. The quantitative estimate of drug-likeness (QED) is 0.649. The maximum Gasteiger partial charge on any atom is 0.322 e. The number of carboxylic acid groups (broad SMARTS) is 1. The van der Waals surface area contributed by atoms with Crippen LogP contribution in [0.3, 0.4) is 0 Å². The zero-order valence-electron chi connectivity index (χ0n) is 16.3. The predicted octanol–water partition coefficient (Wildman–Crippen LogP) is 4.78. The van der Waals surface area contributed by atoms with E-state index in [-0.39, 0.29) is 6.54 Å². The number of nitrogens with one attached hydrogen (secondary N) is 1. The van der Waals surface area contributed by atoms with Crippen molar-refractivity contribution in [2.75, 3.05) is 11.9 Å². The molecule has 3 aromatic rings. The standard InChI is InChI=1S/C23H23N3O2/c1-14(2)10-21-19(12-24)23(16-6-4-15(3)5-7-16)18-11-17(25-13-22(27)28)8-9-20(18)26-21/h4-9,11,14,25H,10,13H2,1-3H3,(H,27,28). The summed E-state index contributed by atoms with van der Waals surface area (Å²) in [4.78, 5) is 15.6. The van der Waals surface area contributed by atoms with Gasteiger partial charge in [0.2, 0.25) is 0 Å².